The standard InChI is InChI=1S/C15H17NO3/c1-11(17)14-4-3-13(18-2)9-15(14)19-10-12-5-7-16-8-6-12/h3-9,11,17H,10H2,1-2H3/t11-/m0/s1. The molecular weight excluding hydrogens is 242 g/mol. The van der Waals surface area contributed by atoms with Crippen LogP contribution in [0.1, 0.15) is 24.2 Å². The first-order valence-electron chi connectivity index (χ1n) is 6.08. The van der Waals surface area contributed by atoms with Crippen molar-refractivity contribution in [3.63, 3.8) is 0 Å². The summed E-state index contributed by atoms with van der Waals surface area (Å²) in [6, 6.07) is 9.18. The molecule has 1 aromatic carbocycles. The highest BCUT2D eigenvalue weighted by Crippen LogP contribution is 2.30. The van der Waals surface area contributed by atoms with Gasteiger partial charge in [0.2, 0.25) is 0 Å². The molecule has 2 rings (SSSR count). The van der Waals surface area contributed by atoms with Crippen molar-refractivity contribution in [3.8, 4) is 11.5 Å². The molecule has 4 nitrogen and oxygen atoms in total. The van der Waals surface area contributed by atoms with Crippen LogP contribution in [0.2, 0.25) is 0 Å². The van der Waals surface area contributed by atoms with Gasteiger partial charge in [-0.05, 0) is 36.8 Å². The fraction of sp³-hybridized carbons (Fsp3) is 0.267. The van der Waals surface area contributed by atoms with E-state index in [1.54, 1.807) is 38.6 Å². The highest BCUT2D eigenvalue weighted by molar-refractivity contribution is 5.41. The first-order chi connectivity index (χ1) is 9.20. The summed E-state index contributed by atoms with van der Waals surface area (Å²) in [5, 5.41) is 9.73. The number of nitrogens with zero attached hydrogens (tertiary/aromatic N) is 1. The van der Waals surface area contributed by atoms with Crippen molar-refractivity contribution in [1.82, 2.24) is 4.98 Å². The van der Waals surface area contributed by atoms with Gasteiger partial charge >= 0.3 is 0 Å². The van der Waals surface area contributed by atoms with Crippen molar-refractivity contribution in [2.75, 3.05) is 7.11 Å². The van der Waals surface area contributed by atoms with Gasteiger partial charge in [-0.1, -0.05) is 0 Å². The number of aliphatic hydroxyl groups excluding tert-OH is 1. The van der Waals surface area contributed by atoms with Crippen LogP contribution in [0.5, 0.6) is 11.5 Å². The molecule has 0 amide bonds. The largest absolute Gasteiger partial charge is 0.497 e. The lowest BCUT2D eigenvalue weighted by molar-refractivity contribution is 0.190. The fourth-order valence-electron chi connectivity index (χ4n) is 1.75. The molecule has 0 saturated carbocycles. The van der Waals surface area contributed by atoms with E-state index in [1.807, 2.05) is 18.2 Å². The highest BCUT2D eigenvalue weighted by atomic mass is 16.5. The molecule has 0 aliphatic heterocycles. The lowest BCUT2D eigenvalue weighted by Gasteiger charge is -2.14. The summed E-state index contributed by atoms with van der Waals surface area (Å²) < 4.78 is 10.9. The van der Waals surface area contributed by atoms with Gasteiger partial charge in [-0.25, -0.2) is 0 Å². The van der Waals surface area contributed by atoms with Crippen molar-refractivity contribution >= 4 is 0 Å². The summed E-state index contributed by atoms with van der Waals surface area (Å²) in [5.74, 6) is 1.33. The van der Waals surface area contributed by atoms with Gasteiger partial charge in [0.1, 0.15) is 18.1 Å². The van der Waals surface area contributed by atoms with E-state index >= 15 is 0 Å². The number of ether oxygens (including phenoxy) is 2. The van der Waals surface area contributed by atoms with E-state index in [9.17, 15) is 5.11 Å². The molecule has 0 spiro atoms. The summed E-state index contributed by atoms with van der Waals surface area (Å²) in [6.45, 7) is 2.14. The van der Waals surface area contributed by atoms with Crippen molar-refractivity contribution in [2.24, 2.45) is 0 Å². The van der Waals surface area contributed by atoms with Crippen LogP contribution in [0.4, 0.5) is 0 Å². The van der Waals surface area contributed by atoms with E-state index in [0.717, 1.165) is 11.1 Å². The lowest BCUT2D eigenvalue weighted by atomic mass is 10.1. The number of benzene rings is 1. The van der Waals surface area contributed by atoms with Gasteiger partial charge in [0.15, 0.2) is 0 Å². The maximum Gasteiger partial charge on any atom is 0.129 e. The van der Waals surface area contributed by atoms with Crippen LogP contribution < -0.4 is 9.47 Å². The zero-order chi connectivity index (χ0) is 13.7. The summed E-state index contributed by atoms with van der Waals surface area (Å²) in [4.78, 5) is 3.96. The smallest absolute Gasteiger partial charge is 0.129 e. The molecule has 0 saturated heterocycles. The minimum Gasteiger partial charge on any atom is -0.497 e. The van der Waals surface area contributed by atoms with Gasteiger partial charge < -0.3 is 14.6 Å². The quantitative estimate of drug-likeness (QED) is 0.897. The van der Waals surface area contributed by atoms with Crippen molar-refractivity contribution in [2.45, 2.75) is 19.6 Å². The Morgan fingerprint density at radius 3 is 2.58 bits per heavy atom. The summed E-state index contributed by atoms with van der Waals surface area (Å²) >= 11 is 0. The van der Waals surface area contributed by atoms with Crippen LogP contribution >= 0.6 is 0 Å². The third-order valence-electron chi connectivity index (χ3n) is 2.81. The number of rotatable bonds is 5. The average Bonchev–Trinajstić information content (AvgIpc) is 2.45. The zero-order valence-electron chi connectivity index (χ0n) is 11.0. The van der Waals surface area contributed by atoms with Crippen LogP contribution in [0, 0.1) is 0 Å². The molecular formula is C15H17NO3. The first kappa shape index (κ1) is 13.4. The van der Waals surface area contributed by atoms with E-state index in [0.29, 0.717) is 18.1 Å². The normalized spacial score (nSPS) is 11.9. The third-order valence-corrected chi connectivity index (χ3v) is 2.81. The van der Waals surface area contributed by atoms with Gasteiger partial charge in [0, 0.05) is 24.0 Å². The van der Waals surface area contributed by atoms with Gasteiger partial charge in [0.25, 0.3) is 0 Å². The Morgan fingerprint density at radius 1 is 1.21 bits per heavy atom. The van der Waals surface area contributed by atoms with Gasteiger partial charge in [0.05, 0.1) is 13.2 Å². The van der Waals surface area contributed by atoms with Crippen LogP contribution in [-0.2, 0) is 6.61 Å². The van der Waals surface area contributed by atoms with E-state index in [4.69, 9.17) is 9.47 Å². The molecule has 1 heterocycles. The number of hydrogen-bond acceptors (Lipinski definition) is 4. The van der Waals surface area contributed by atoms with Gasteiger partial charge in [-0.15, -0.1) is 0 Å². The van der Waals surface area contributed by atoms with E-state index in [2.05, 4.69) is 4.98 Å². The predicted octanol–water partition coefficient (Wildman–Crippen LogP) is 2.72. The van der Waals surface area contributed by atoms with E-state index < -0.39 is 6.10 Å². The molecule has 0 unspecified atom stereocenters. The number of methoxy groups -OCH3 is 1. The summed E-state index contributed by atoms with van der Waals surface area (Å²) in [6.07, 6.45) is 2.86. The second-order valence-electron chi connectivity index (χ2n) is 4.22. The molecule has 2 aromatic rings. The van der Waals surface area contributed by atoms with Crippen LogP contribution in [0.15, 0.2) is 42.7 Å². The van der Waals surface area contributed by atoms with Crippen LogP contribution in [0.25, 0.3) is 0 Å². The zero-order valence-corrected chi connectivity index (χ0v) is 11.0. The Kier molecular flexibility index (Phi) is 4.36. The minimum absolute atomic E-state index is 0.426. The van der Waals surface area contributed by atoms with Crippen LogP contribution in [-0.4, -0.2) is 17.2 Å². The molecule has 1 aromatic heterocycles. The van der Waals surface area contributed by atoms with Gasteiger partial charge in [-0.2, -0.15) is 0 Å². The number of aliphatic hydroxyl groups is 1. The van der Waals surface area contributed by atoms with E-state index in [-0.39, 0.29) is 0 Å². The van der Waals surface area contributed by atoms with Crippen molar-refractivity contribution in [3.05, 3.63) is 53.9 Å². The van der Waals surface area contributed by atoms with Crippen molar-refractivity contribution in [1.29, 1.82) is 0 Å². The molecule has 0 radical (unpaired) electrons. The molecule has 100 valence electrons. The molecule has 1 N–H and O–H groups in total. The maximum absolute atomic E-state index is 9.73. The third kappa shape index (κ3) is 3.45. The Hall–Kier alpha value is -2.07. The Morgan fingerprint density at radius 2 is 1.95 bits per heavy atom. The van der Waals surface area contributed by atoms with Gasteiger partial charge in [-0.3, -0.25) is 4.98 Å². The first-order valence-corrected chi connectivity index (χ1v) is 6.08. The second kappa shape index (κ2) is 6.20. The molecule has 0 fully saturated rings. The second-order valence-corrected chi connectivity index (χ2v) is 4.22. The fourth-order valence-corrected chi connectivity index (χ4v) is 1.75. The minimum atomic E-state index is -0.585. The Balaban J connectivity index is 2.18. The Bertz CT molecular complexity index is 526. The lowest BCUT2D eigenvalue weighted by Crippen LogP contribution is -2.01. The summed E-state index contributed by atoms with van der Waals surface area (Å²) in [5.41, 5.74) is 1.77. The Labute approximate surface area is 112 Å². The SMILES string of the molecule is COc1ccc([C@H](C)O)c(OCc2ccncc2)c1. The van der Waals surface area contributed by atoms with Crippen molar-refractivity contribution < 1.29 is 14.6 Å². The molecule has 0 bridgehead atoms. The number of aromatic nitrogens is 1. The number of hydrogen-bond donors (Lipinski definition) is 1. The topological polar surface area (TPSA) is 51.6 Å². The molecule has 0 aliphatic rings. The highest BCUT2D eigenvalue weighted by Gasteiger charge is 2.10. The predicted molar refractivity (Wildman–Crippen MR) is 72.2 cm³/mol. The number of pyridine rings is 1. The average molecular weight is 259 g/mol. The molecule has 19 heavy (non-hydrogen) atoms. The molecule has 0 aliphatic carbocycles. The summed E-state index contributed by atoms with van der Waals surface area (Å²) in [7, 11) is 1.60. The van der Waals surface area contributed by atoms with E-state index in [1.165, 1.54) is 0 Å². The van der Waals surface area contributed by atoms with Crippen LogP contribution in [0.3, 0.4) is 0 Å². The maximum atomic E-state index is 9.73. The molecule has 1 atom stereocenters. The molecule has 4 heteroatoms. The monoisotopic (exact) mass is 259 g/mol.